The number of anilines is 1. The van der Waals surface area contributed by atoms with Crippen molar-refractivity contribution in [1.29, 1.82) is 0 Å². The highest BCUT2D eigenvalue weighted by atomic mass is 32.2. The first kappa shape index (κ1) is 17.6. The normalized spacial score (nSPS) is 9.73. The lowest BCUT2D eigenvalue weighted by molar-refractivity contribution is -0.742. The summed E-state index contributed by atoms with van der Waals surface area (Å²) in [4.78, 5) is 27.9. The molecule has 1 aromatic heterocycles. The third-order valence-electron chi connectivity index (χ3n) is 2.33. The van der Waals surface area contributed by atoms with E-state index in [0.717, 1.165) is 23.2 Å². The van der Waals surface area contributed by atoms with Crippen LogP contribution in [0.1, 0.15) is 13.3 Å². The second kappa shape index (κ2) is 8.72. The molecule has 0 aliphatic carbocycles. The second-order valence-corrected chi connectivity index (χ2v) is 5.14. The number of rotatable bonds is 4. The Kier molecular flexibility index (Phi) is 6.96. The van der Waals surface area contributed by atoms with E-state index in [-0.39, 0.29) is 0 Å². The molecule has 0 aliphatic heterocycles. The first-order chi connectivity index (χ1) is 10.5. The maximum absolute atomic E-state index is 11.1. The molecule has 10 heteroatoms. The molecule has 120 valence electrons. The molecule has 0 saturated heterocycles. The molecule has 9 nitrogen and oxygen atoms in total. The summed E-state index contributed by atoms with van der Waals surface area (Å²) in [5.41, 5.74) is 1.73. The molecule has 0 saturated carbocycles. The van der Waals surface area contributed by atoms with Crippen molar-refractivity contribution in [2.45, 2.75) is 18.2 Å². The predicted octanol–water partition coefficient (Wildman–Crippen LogP) is 2.90. The van der Waals surface area contributed by atoms with Gasteiger partial charge in [0, 0.05) is 4.90 Å². The number of H-pyrrole nitrogens is 1. The van der Waals surface area contributed by atoms with Crippen LogP contribution in [-0.4, -0.2) is 39.2 Å². The van der Waals surface area contributed by atoms with Gasteiger partial charge in [-0.2, -0.15) is 0 Å². The minimum absolute atomic E-state index is 0.398. The summed E-state index contributed by atoms with van der Waals surface area (Å²) in [5, 5.41) is 16.1. The number of hydrogen-bond donors (Lipinski definition) is 3. The number of ether oxygens (including phenoxy) is 1. The van der Waals surface area contributed by atoms with E-state index in [1.807, 2.05) is 18.2 Å². The lowest BCUT2D eigenvalue weighted by atomic mass is 10.3. The van der Waals surface area contributed by atoms with Gasteiger partial charge in [-0.15, -0.1) is 21.9 Å². The van der Waals surface area contributed by atoms with E-state index in [9.17, 15) is 4.79 Å². The van der Waals surface area contributed by atoms with Crippen molar-refractivity contribution in [2.24, 2.45) is 0 Å². The van der Waals surface area contributed by atoms with Crippen molar-refractivity contribution in [3.05, 3.63) is 28.3 Å². The van der Waals surface area contributed by atoms with Crippen LogP contribution < -0.4 is 5.32 Å². The average Bonchev–Trinajstić information content (AvgIpc) is 2.85. The fourth-order valence-electron chi connectivity index (χ4n) is 1.51. The van der Waals surface area contributed by atoms with Crippen molar-refractivity contribution >= 4 is 34.8 Å². The van der Waals surface area contributed by atoms with E-state index in [2.05, 4.69) is 26.9 Å². The SMILES string of the molecule is CCCSc1ccc2nc(NC(=O)OC)[nH]c2c1.O=[N+]([O-])O. The number of nitrogens with zero attached hydrogens (tertiary/aromatic N) is 2. The summed E-state index contributed by atoms with van der Waals surface area (Å²) >= 11 is 1.80. The smallest absolute Gasteiger partial charge is 0.413 e. The van der Waals surface area contributed by atoms with Crippen LogP contribution in [0.15, 0.2) is 23.1 Å². The van der Waals surface area contributed by atoms with Gasteiger partial charge in [0.2, 0.25) is 5.95 Å². The maximum Gasteiger partial charge on any atom is 0.413 e. The highest BCUT2D eigenvalue weighted by Crippen LogP contribution is 2.23. The molecule has 2 rings (SSSR count). The first-order valence-electron chi connectivity index (χ1n) is 6.27. The van der Waals surface area contributed by atoms with Crippen LogP contribution in [0.5, 0.6) is 0 Å². The zero-order valence-corrected chi connectivity index (χ0v) is 12.8. The lowest BCUT2D eigenvalue weighted by Gasteiger charge is -1.98. The fourth-order valence-corrected chi connectivity index (χ4v) is 2.31. The Labute approximate surface area is 130 Å². The molecule has 2 aromatic rings. The van der Waals surface area contributed by atoms with Crippen LogP contribution in [0.3, 0.4) is 0 Å². The number of carbonyl (C=O) groups excluding carboxylic acids is 1. The van der Waals surface area contributed by atoms with E-state index in [4.69, 9.17) is 15.3 Å². The number of fused-ring (bicyclic) bond motifs is 1. The predicted molar refractivity (Wildman–Crippen MR) is 81.9 cm³/mol. The zero-order valence-electron chi connectivity index (χ0n) is 12.0. The van der Waals surface area contributed by atoms with Crippen molar-refractivity contribution in [3.63, 3.8) is 0 Å². The number of aromatic nitrogens is 2. The minimum Gasteiger partial charge on any atom is -0.453 e. The number of benzene rings is 1. The van der Waals surface area contributed by atoms with Crippen LogP contribution in [-0.2, 0) is 4.74 Å². The molecule has 1 heterocycles. The van der Waals surface area contributed by atoms with Gasteiger partial charge >= 0.3 is 6.09 Å². The quantitative estimate of drug-likeness (QED) is 0.447. The van der Waals surface area contributed by atoms with Crippen LogP contribution in [0.2, 0.25) is 0 Å². The summed E-state index contributed by atoms with van der Waals surface area (Å²) in [6, 6.07) is 6.00. The second-order valence-electron chi connectivity index (χ2n) is 3.97. The summed E-state index contributed by atoms with van der Waals surface area (Å²) in [5.74, 6) is 1.49. The zero-order chi connectivity index (χ0) is 16.5. The first-order valence-corrected chi connectivity index (χ1v) is 7.25. The van der Waals surface area contributed by atoms with Crippen molar-refractivity contribution in [1.82, 2.24) is 9.97 Å². The van der Waals surface area contributed by atoms with Crippen LogP contribution in [0.4, 0.5) is 10.7 Å². The number of imidazole rings is 1. The van der Waals surface area contributed by atoms with Gasteiger partial charge in [-0.3, -0.25) is 5.32 Å². The third kappa shape index (κ3) is 5.87. The Morgan fingerprint density at radius 3 is 2.86 bits per heavy atom. The van der Waals surface area contributed by atoms with Crippen molar-refractivity contribution < 1.29 is 19.8 Å². The molecule has 0 bridgehead atoms. The Morgan fingerprint density at radius 1 is 1.59 bits per heavy atom. The molecule has 0 aliphatic rings. The van der Waals surface area contributed by atoms with Crippen LogP contribution in [0.25, 0.3) is 11.0 Å². The molecule has 1 amide bonds. The molecular weight excluding hydrogens is 312 g/mol. The Hall–Kier alpha value is -2.49. The standard InChI is InChI=1S/C12H15N3O2S.HNO3/c1-3-6-18-8-4-5-9-10(7-8)14-11(13-9)15-12(16)17-2;2-1(3)4/h4-5,7H,3,6H2,1-2H3,(H2,13,14,15,16);(H,2,3,4). The Morgan fingerprint density at radius 2 is 2.27 bits per heavy atom. The van der Waals surface area contributed by atoms with Crippen LogP contribution >= 0.6 is 11.8 Å². The molecule has 0 radical (unpaired) electrons. The highest BCUT2D eigenvalue weighted by molar-refractivity contribution is 7.99. The van der Waals surface area contributed by atoms with Crippen molar-refractivity contribution in [2.75, 3.05) is 18.2 Å². The molecule has 0 fully saturated rings. The molecule has 0 unspecified atom stereocenters. The van der Waals surface area contributed by atoms with Gasteiger partial charge in [0.25, 0.3) is 5.09 Å². The molecule has 22 heavy (non-hydrogen) atoms. The van der Waals surface area contributed by atoms with Crippen LogP contribution in [0, 0.1) is 10.1 Å². The fraction of sp³-hybridized carbons (Fsp3) is 0.333. The number of aromatic amines is 1. The van der Waals surface area contributed by atoms with E-state index in [1.54, 1.807) is 11.8 Å². The summed E-state index contributed by atoms with van der Waals surface area (Å²) in [7, 11) is 1.32. The summed E-state index contributed by atoms with van der Waals surface area (Å²) < 4.78 is 4.51. The van der Waals surface area contributed by atoms with E-state index in [0.29, 0.717) is 5.95 Å². The van der Waals surface area contributed by atoms with E-state index < -0.39 is 11.2 Å². The minimum atomic E-state index is -1.50. The molecule has 0 spiro atoms. The number of carbonyl (C=O) groups is 1. The van der Waals surface area contributed by atoms with E-state index >= 15 is 0 Å². The number of nitrogens with one attached hydrogen (secondary N) is 2. The summed E-state index contributed by atoms with van der Waals surface area (Å²) in [6.45, 7) is 2.15. The molecular formula is C12H16N4O5S. The maximum atomic E-state index is 11.1. The Bertz CT molecular complexity index is 641. The van der Waals surface area contributed by atoms with Gasteiger partial charge in [-0.25, -0.2) is 9.78 Å². The number of hydrogen-bond acceptors (Lipinski definition) is 6. The highest BCUT2D eigenvalue weighted by Gasteiger charge is 2.07. The van der Waals surface area contributed by atoms with Gasteiger partial charge in [0.15, 0.2) is 0 Å². The van der Waals surface area contributed by atoms with E-state index in [1.165, 1.54) is 12.0 Å². The number of thioether (sulfide) groups is 1. The van der Waals surface area contributed by atoms with Gasteiger partial charge in [0.1, 0.15) is 0 Å². The topological polar surface area (TPSA) is 130 Å². The number of amides is 1. The summed E-state index contributed by atoms with van der Waals surface area (Å²) in [6.07, 6.45) is 0.607. The van der Waals surface area contributed by atoms with Gasteiger partial charge < -0.3 is 14.9 Å². The third-order valence-corrected chi connectivity index (χ3v) is 3.53. The molecule has 3 N–H and O–H groups in total. The average molecular weight is 328 g/mol. The monoisotopic (exact) mass is 328 g/mol. The van der Waals surface area contributed by atoms with Gasteiger partial charge in [-0.1, -0.05) is 6.92 Å². The van der Waals surface area contributed by atoms with Gasteiger partial charge in [0.05, 0.1) is 18.1 Å². The Balaban J connectivity index is 0.000000541. The molecule has 1 aromatic carbocycles. The number of methoxy groups -OCH3 is 1. The largest absolute Gasteiger partial charge is 0.453 e. The molecule has 0 atom stereocenters. The van der Waals surface area contributed by atoms with Crippen molar-refractivity contribution in [3.8, 4) is 0 Å². The lowest BCUT2D eigenvalue weighted by Crippen LogP contribution is -2.11. The van der Waals surface area contributed by atoms with Gasteiger partial charge in [-0.05, 0) is 30.4 Å².